The van der Waals surface area contributed by atoms with Gasteiger partial charge in [-0.15, -0.1) is 0 Å². The fourth-order valence-corrected chi connectivity index (χ4v) is 7.32. The zero-order chi connectivity index (χ0) is 81.6. The third kappa shape index (κ3) is 75.2. The van der Waals surface area contributed by atoms with Crippen LogP contribution in [0.1, 0.15) is 228 Å². The van der Waals surface area contributed by atoms with Crippen LogP contribution in [0.15, 0.2) is 0 Å². The first kappa shape index (κ1) is 113. The van der Waals surface area contributed by atoms with Crippen molar-refractivity contribution in [2.24, 2.45) is 0 Å². The summed E-state index contributed by atoms with van der Waals surface area (Å²) in [5.41, 5.74) is -1.04. The standard InChI is InChI=1S/C11H23NO3.2C10H21NO3.2C9H19NO3.C8H17NO3.C7H15NO3.C7H17NO/c1-7(2)12-9(8(3)13)10(14)15-11(4,5)6;1-7(2)11-8(6-12)9(13)14-10(3,4)5;1-6(2)11-9(8(5)12)10(13)14-7(3)4;1-6(2)10-8(5-11)9(12)13-7(3)4;1-5-13-9(12)8(7(4)11)10-6(2)3;1-4-12-8(11)7(5-10)9-6(2)3;1-5(2)8-6(4-9)7(10)11-3;1-5(2)8-6(3)7(4)9/h7-9,12-13H,1-6H3;7-8,11-12H,6H2,1-5H3;6-9,11-12H,1-5H3;2*6-8,10-11H,5H2,1-4H3;6-7,9-10H,4-5H2,1-3H3;5-6,8-9H,4H2,1-3H3;5-9H,1-4H3/t8-,9+;8-;8-,9+;8-;7-,8+;7-;6-;6-,7-/m10101001/s1. The van der Waals surface area contributed by atoms with Crippen molar-refractivity contribution in [3.05, 3.63) is 0 Å². The van der Waals surface area contributed by atoms with E-state index in [1.807, 2.05) is 104 Å². The Morgan fingerprint density at radius 1 is 0.307 bits per heavy atom. The van der Waals surface area contributed by atoms with E-state index in [4.69, 9.17) is 54.0 Å². The molecule has 0 bridgehead atoms. The van der Waals surface area contributed by atoms with E-state index in [0.29, 0.717) is 19.3 Å². The molecule has 0 aliphatic carbocycles. The zero-order valence-corrected chi connectivity index (χ0v) is 68.7. The average molecular weight is 1470 g/mol. The van der Waals surface area contributed by atoms with Crippen LogP contribution in [-0.4, -0.2) is 274 Å². The number of aliphatic hydroxyl groups is 8. The summed E-state index contributed by atoms with van der Waals surface area (Å²) in [6.45, 7) is 60.5. The molecule has 0 saturated heterocycles. The van der Waals surface area contributed by atoms with Crippen molar-refractivity contribution in [2.75, 3.05) is 46.8 Å². The first-order valence-corrected chi connectivity index (χ1v) is 35.5. The van der Waals surface area contributed by atoms with E-state index in [9.17, 15) is 48.9 Å². The van der Waals surface area contributed by atoms with Crippen molar-refractivity contribution >= 4 is 41.8 Å². The smallest absolute Gasteiger partial charge is 0.326 e. The van der Waals surface area contributed by atoms with E-state index in [2.05, 4.69) is 61.1 Å². The molecule has 16 N–H and O–H groups in total. The van der Waals surface area contributed by atoms with Gasteiger partial charge in [-0.3, -0.25) is 33.6 Å². The minimum absolute atomic E-state index is 0.122. The highest BCUT2D eigenvalue weighted by molar-refractivity contribution is 5.79. The van der Waals surface area contributed by atoms with Crippen LogP contribution in [0.2, 0.25) is 0 Å². The molecule has 0 aromatic carbocycles. The quantitative estimate of drug-likeness (QED) is 0.0320. The Hall–Kier alpha value is -4.35. The molecule has 0 fully saturated rings. The number of carbonyl (C=O) groups is 7. The topological polar surface area (TPSA) is 442 Å². The molecule has 30 nitrogen and oxygen atoms in total. The predicted molar refractivity (Wildman–Crippen MR) is 397 cm³/mol. The van der Waals surface area contributed by atoms with Gasteiger partial charge in [-0.1, -0.05) is 111 Å². The number of methoxy groups -OCH3 is 1. The van der Waals surface area contributed by atoms with Crippen molar-refractivity contribution in [1.82, 2.24) is 42.5 Å². The van der Waals surface area contributed by atoms with Gasteiger partial charge in [0.15, 0.2) is 0 Å². The Balaban J connectivity index is -0.000000164. The van der Waals surface area contributed by atoms with Crippen molar-refractivity contribution in [1.29, 1.82) is 0 Å². The summed E-state index contributed by atoms with van der Waals surface area (Å²) >= 11 is 0. The number of ether oxygens (including phenoxy) is 7. The molecule has 0 aromatic heterocycles. The van der Waals surface area contributed by atoms with Gasteiger partial charge < -0.3 is 117 Å². The zero-order valence-electron chi connectivity index (χ0n) is 68.7. The highest BCUT2D eigenvalue weighted by Gasteiger charge is 2.31. The Labute approximate surface area is 609 Å². The van der Waals surface area contributed by atoms with Crippen LogP contribution in [0.4, 0.5) is 0 Å². The first-order chi connectivity index (χ1) is 45.9. The second kappa shape index (κ2) is 64.1. The Morgan fingerprint density at radius 3 is 0.772 bits per heavy atom. The highest BCUT2D eigenvalue weighted by atomic mass is 16.6. The van der Waals surface area contributed by atoms with Crippen LogP contribution >= 0.6 is 0 Å². The Morgan fingerprint density at radius 2 is 0.545 bits per heavy atom. The second-order valence-electron chi connectivity index (χ2n) is 28.8. The molecular formula is C71H152N8O22. The second-order valence-corrected chi connectivity index (χ2v) is 28.8. The van der Waals surface area contributed by atoms with Gasteiger partial charge in [0, 0.05) is 54.4 Å². The van der Waals surface area contributed by atoms with E-state index in [-0.39, 0.29) is 93.1 Å². The molecule has 0 saturated carbocycles. The van der Waals surface area contributed by atoms with Crippen molar-refractivity contribution in [3.63, 3.8) is 0 Å². The molecule has 0 amide bonds. The maximum absolute atomic E-state index is 11.7. The van der Waals surface area contributed by atoms with Gasteiger partial charge in [-0.2, -0.15) is 0 Å². The molecule has 0 radical (unpaired) electrons. The van der Waals surface area contributed by atoms with E-state index in [1.165, 1.54) is 7.11 Å². The molecule has 30 heteroatoms. The minimum atomic E-state index is -0.762. The summed E-state index contributed by atoms with van der Waals surface area (Å²) in [6.07, 6.45) is -2.80. The summed E-state index contributed by atoms with van der Waals surface area (Å²) in [7, 11) is 1.30. The Kier molecular flexibility index (Phi) is 71.4. The van der Waals surface area contributed by atoms with Crippen LogP contribution in [0, 0.1) is 0 Å². The largest absolute Gasteiger partial charge is 0.468 e. The lowest BCUT2D eigenvalue weighted by molar-refractivity contribution is -0.161. The fraction of sp³-hybridized carbons (Fsp3) is 0.901. The molecule has 0 aromatic rings. The third-order valence-electron chi connectivity index (χ3n) is 11.4. The van der Waals surface area contributed by atoms with Gasteiger partial charge in [0.25, 0.3) is 0 Å². The van der Waals surface area contributed by atoms with Crippen molar-refractivity contribution < 1.29 is 108 Å². The monoisotopic (exact) mass is 1470 g/mol. The summed E-state index contributed by atoms with van der Waals surface area (Å²) in [6, 6.07) is -2.70. The van der Waals surface area contributed by atoms with Crippen LogP contribution in [0.3, 0.4) is 0 Å². The maximum atomic E-state index is 11.7. The maximum Gasteiger partial charge on any atom is 0.326 e. The van der Waals surface area contributed by atoms with E-state index < -0.39 is 114 Å². The molecule has 12 atom stereocenters. The van der Waals surface area contributed by atoms with Crippen LogP contribution in [0.25, 0.3) is 0 Å². The lowest BCUT2D eigenvalue weighted by atomic mass is 10.1. The molecule has 0 rings (SSSR count). The van der Waals surface area contributed by atoms with E-state index in [0.717, 1.165) is 0 Å². The van der Waals surface area contributed by atoms with Crippen LogP contribution < -0.4 is 42.5 Å². The average Bonchev–Trinajstić information content (AvgIpc) is 0.904. The molecule has 101 heavy (non-hydrogen) atoms. The lowest BCUT2D eigenvalue weighted by Gasteiger charge is -2.27. The van der Waals surface area contributed by atoms with Gasteiger partial charge in [0.2, 0.25) is 0 Å². The van der Waals surface area contributed by atoms with Gasteiger partial charge in [-0.25, -0.2) is 0 Å². The molecular weight excluding hydrogens is 1320 g/mol. The number of carbonyl (C=O) groups excluding carboxylic acids is 7. The molecule has 608 valence electrons. The van der Waals surface area contributed by atoms with Crippen molar-refractivity contribution in [2.45, 2.75) is 373 Å². The molecule has 0 heterocycles. The normalized spacial score (nSPS) is 14.9. The number of rotatable bonds is 35. The number of hydrogen-bond donors (Lipinski definition) is 16. The van der Waals surface area contributed by atoms with Gasteiger partial charge in [0.1, 0.15) is 53.5 Å². The fourth-order valence-electron chi connectivity index (χ4n) is 7.32. The van der Waals surface area contributed by atoms with E-state index >= 15 is 0 Å². The third-order valence-corrected chi connectivity index (χ3v) is 11.4. The Bertz CT molecular complexity index is 2050. The SMILES string of the molecule is CC(C)N[C@@H](CO)C(=O)OC(C)(C)C.CC(C)N[C@@H](CO)C(=O)OC(C)C.CC(C)N[C@H](C(=O)OC(C)(C)C)[C@@H](C)O.CC(C)N[C@H](C(=O)OC(C)C)[C@@H](C)O.CC(C)N[C@H](C)[C@@H](C)O.CCOC(=O)[C@@H](NC(C)C)[C@@H](C)O.CCOC(=O)[C@H](CO)NC(C)C.COC(=O)[C@H](CO)NC(C)C. The van der Waals surface area contributed by atoms with Crippen LogP contribution in [0.5, 0.6) is 0 Å². The van der Waals surface area contributed by atoms with Crippen molar-refractivity contribution in [3.8, 4) is 0 Å². The van der Waals surface area contributed by atoms with Gasteiger partial charge in [0.05, 0.1) is 83.4 Å². The summed E-state index contributed by atoms with van der Waals surface area (Å²) in [4.78, 5) is 79.1. The highest BCUT2D eigenvalue weighted by Crippen LogP contribution is 2.11. The van der Waals surface area contributed by atoms with Gasteiger partial charge in [-0.05, 0) is 118 Å². The van der Waals surface area contributed by atoms with E-state index in [1.54, 1.807) is 111 Å². The number of esters is 7. The first-order valence-electron chi connectivity index (χ1n) is 35.5. The minimum Gasteiger partial charge on any atom is -0.468 e. The predicted octanol–water partition coefficient (Wildman–Crippen LogP) is 3.22. The van der Waals surface area contributed by atoms with Crippen LogP contribution in [-0.2, 0) is 66.7 Å². The summed E-state index contributed by atoms with van der Waals surface area (Å²) < 4.78 is 34.3. The number of nitrogens with one attached hydrogen (secondary N) is 8. The summed E-state index contributed by atoms with van der Waals surface area (Å²) in [5, 5.41) is 96.2. The summed E-state index contributed by atoms with van der Waals surface area (Å²) in [5.74, 6) is -2.84. The molecule has 0 aliphatic rings. The molecule has 0 aliphatic heterocycles. The van der Waals surface area contributed by atoms with Gasteiger partial charge >= 0.3 is 41.8 Å². The number of hydrogen-bond acceptors (Lipinski definition) is 30. The lowest BCUT2D eigenvalue weighted by Crippen LogP contribution is -2.50. The number of aliphatic hydroxyl groups excluding tert-OH is 8. The molecule has 0 unspecified atom stereocenters. The molecule has 0 spiro atoms.